The fourth-order valence-electron chi connectivity index (χ4n) is 2.08. The van der Waals surface area contributed by atoms with E-state index in [-0.39, 0.29) is 0 Å². The first-order chi connectivity index (χ1) is 6.38. The average Bonchev–Trinajstić information content (AvgIpc) is 2.65. The predicted molar refractivity (Wildman–Crippen MR) is 56.5 cm³/mol. The van der Waals surface area contributed by atoms with Crippen molar-refractivity contribution < 1.29 is 0 Å². The number of nitriles is 1. The lowest BCUT2D eigenvalue weighted by atomic mass is 10.1. The van der Waals surface area contributed by atoms with Gasteiger partial charge in [0, 0.05) is 12.6 Å². The van der Waals surface area contributed by atoms with Gasteiger partial charge in [-0.3, -0.25) is 0 Å². The maximum atomic E-state index is 6.50. The minimum absolute atomic E-state index is 0.931. The fraction of sp³-hybridized carbons (Fsp3) is 0.909. The van der Waals surface area contributed by atoms with Gasteiger partial charge in [-0.05, 0) is 32.4 Å². The van der Waals surface area contributed by atoms with Crippen molar-refractivity contribution >= 4 is 0 Å². The zero-order valence-electron chi connectivity index (χ0n) is 9.00. The third kappa shape index (κ3) is 4.28. The molecule has 0 amide bonds. The van der Waals surface area contributed by atoms with Gasteiger partial charge in [0.25, 0.3) is 0 Å². The molecule has 2 nitrogen and oxygen atoms in total. The molecule has 0 aliphatic carbocycles. The Hall–Kier alpha value is -0.550. The molecule has 1 saturated heterocycles. The van der Waals surface area contributed by atoms with Crippen LogP contribution in [0.1, 0.15) is 46.0 Å². The highest BCUT2D eigenvalue weighted by Crippen LogP contribution is 2.20. The standard InChI is InChI=1S/C10H21N.CHN/c1-3-5-7-10-8-6-9-11(10)4-2;1-2/h10H,3-9H2,1-2H3;1H. The van der Waals surface area contributed by atoms with Crippen LogP contribution in [0.4, 0.5) is 0 Å². The minimum Gasteiger partial charge on any atom is -0.301 e. The summed E-state index contributed by atoms with van der Waals surface area (Å²) >= 11 is 0. The summed E-state index contributed by atoms with van der Waals surface area (Å²) in [6.45, 7) is 10.7. The Morgan fingerprint density at radius 1 is 1.38 bits per heavy atom. The van der Waals surface area contributed by atoms with E-state index in [1.807, 2.05) is 0 Å². The van der Waals surface area contributed by atoms with Crippen molar-refractivity contribution in [2.24, 2.45) is 0 Å². The summed E-state index contributed by atoms with van der Waals surface area (Å²) in [5.74, 6) is 0. The van der Waals surface area contributed by atoms with E-state index in [2.05, 4.69) is 25.3 Å². The van der Waals surface area contributed by atoms with Crippen LogP contribution in [-0.4, -0.2) is 24.0 Å². The van der Waals surface area contributed by atoms with Crippen LogP contribution in [-0.2, 0) is 0 Å². The van der Waals surface area contributed by atoms with E-state index in [0.29, 0.717) is 0 Å². The Balaban J connectivity index is 0.000000671. The van der Waals surface area contributed by atoms with E-state index in [1.54, 1.807) is 0 Å². The van der Waals surface area contributed by atoms with Gasteiger partial charge >= 0.3 is 0 Å². The molecule has 1 atom stereocenters. The largest absolute Gasteiger partial charge is 0.301 e. The first-order valence-electron chi connectivity index (χ1n) is 5.38. The molecule has 0 aromatic carbocycles. The SMILES string of the molecule is C#N.CCCCC1CCCN1CC. The highest BCUT2D eigenvalue weighted by molar-refractivity contribution is 4.77. The van der Waals surface area contributed by atoms with Crippen LogP contribution >= 0.6 is 0 Å². The fourth-order valence-corrected chi connectivity index (χ4v) is 2.08. The molecule has 1 fully saturated rings. The van der Waals surface area contributed by atoms with Gasteiger partial charge in [0.15, 0.2) is 0 Å². The Morgan fingerprint density at radius 2 is 2.08 bits per heavy atom. The Bertz CT molecular complexity index is 131. The summed E-state index contributed by atoms with van der Waals surface area (Å²) in [5.41, 5.74) is 0. The number of likely N-dealkylation sites (tertiary alicyclic amines) is 1. The van der Waals surface area contributed by atoms with E-state index >= 15 is 0 Å². The molecule has 0 aromatic rings. The molecule has 0 saturated carbocycles. The van der Waals surface area contributed by atoms with Crippen LogP contribution in [0.15, 0.2) is 0 Å². The Labute approximate surface area is 82.5 Å². The lowest BCUT2D eigenvalue weighted by Crippen LogP contribution is -2.28. The average molecular weight is 182 g/mol. The second-order valence-corrected chi connectivity index (χ2v) is 3.57. The maximum Gasteiger partial charge on any atom is 0.0462 e. The summed E-state index contributed by atoms with van der Waals surface area (Å²) < 4.78 is 0. The van der Waals surface area contributed by atoms with Crippen LogP contribution in [0, 0.1) is 11.8 Å². The zero-order valence-corrected chi connectivity index (χ0v) is 9.00. The summed E-state index contributed by atoms with van der Waals surface area (Å²) in [5, 5.41) is 6.50. The summed E-state index contributed by atoms with van der Waals surface area (Å²) in [6.07, 6.45) is 7.09. The maximum absolute atomic E-state index is 6.50. The van der Waals surface area contributed by atoms with Gasteiger partial charge in [0.2, 0.25) is 0 Å². The Morgan fingerprint density at radius 3 is 2.62 bits per heavy atom. The number of nitrogens with zero attached hydrogens (tertiary/aromatic N) is 2. The molecule has 1 heterocycles. The highest BCUT2D eigenvalue weighted by Gasteiger charge is 2.21. The molecule has 1 unspecified atom stereocenters. The number of rotatable bonds is 4. The molecule has 0 bridgehead atoms. The number of hydrogen-bond acceptors (Lipinski definition) is 2. The summed E-state index contributed by atoms with van der Waals surface area (Å²) in [4.78, 5) is 2.63. The zero-order chi connectivity index (χ0) is 10.1. The smallest absolute Gasteiger partial charge is 0.0462 e. The van der Waals surface area contributed by atoms with Gasteiger partial charge in [-0.25, -0.2) is 5.26 Å². The minimum atomic E-state index is 0.931. The molecule has 1 aliphatic rings. The molecule has 0 spiro atoms. The van der Waals surface area contributed by atoms with Crippen molar-refractivity contribution in [3.63, 3.8) is 0 Å². The molecule has 1 rings (SSSR count). The van der Waals surface area contributed by atoms with E-state index in [1.165, 1.54) is 45.2 Å². The first kappa shape index (κ1) is 12.4. The van der Waals surface area contributed by atoms with E-state index in [9.17, 15) is 0 Å². The van der Waals surface area contributed by atoms with Gasteiger partial charge in [0.1, 0.15) is 0 Å². The molecule has 0 aromatic heterocycles. The number of hydrogen-bond donors (Lipinski definition) is 0. The predicted octanol–water partition coefficient (Wildman–Crippen LogP) is 2.80. The molecule has 1 aliphatic heterocycles. The summed E-state index contributed by atoms with van der Waals surface area (Å²) in [7, 11) is 0. The van der Waals surface area contributed by atoms with Crippen LogP contribution in [0.3, 0.4) is 0 Å². The molecule has 0 radical (unpaired) electrons. The molecular weight excluding hydrogens is 160 g/mol. The highest BCUT2D eigenvalue weighted by atomic mass is 15.2. The lowest BCUT2D eigenvalue weighted by molar-refractivity contribution is 0.252. The van der Waals surface area contributed by atoms with Crippen molar-refractivity contribution in [1.29, 1.82) is 5.26 Å². The van der Waals surface area contributed by atoms with Crippen LogP contribution in [0.25, 0.3) is 0 Å². The van der Waals surface area contributed by atoms with Crippen molar-refractivity contribution in [3.8, 4) is 6.57 Å². The van der Waals surface area contributed by atoms with Crippen LogP contribution in [0.5, 0.6) is 0 Å². The molecule has 0 N–H and O–H groups in total. The third-order valence-corrected chi connectivity index (χ3v) is 2.80. The van der Waals surface area contributed by atoms with E-state index in [0.717, 1.165) is 6.04 Å². The van der Waals surface area contributed by atoms with Gasteiger partial charge in [-0.2, -0.15) is 0 Å². The van der Waals surface area contributed by atoms with Crippen molar-refractivity contribution in [2.45, 2.75) is 52.0 Å². The van der Waals surface area contributed by atoms with E-state index < -0.39 is 0 Å². The van der Waals surface area contributed by atoms with Gasteiger partial charge in [0.05, 0.1) is 0 Å². The monoisotopic (exact) mass is 182 g/mol. The topological polar surface area (TPSA) is 27.0 Å². The summed E-state index contributed by atoms with van der Waals surface area (Å²) in [6, 6.07) is 0.931. The van der Waals surface area contributed by atoms with Crippen molar-refractivity contribution in [1.82, 2.24) is 4.90 Å². The lowest BCUT2D eigenvalue weighted by Gasteiger charge is -2.22. The van der Waals surface area contributed by atoms with Crippen LogP contribution in [0.2, 0.25) is 0 Å². The normalized spacial score (nSPS) is 22.3. The number of unbranched alkanes of at least 4 members (excludes halogenated alkanes) is 1. The van der Waals surface area contributed by atoms with Crippen molar-refractivity contribution in [3.05, 3.63) is 0 Å². The molecule has 76 valence electrons. The van der Waals surface area contributed by atoms with Crippen LogP contribution < -0.4 is 0 Å². The Kier molecular flexibility index (Phi) is 7.73. The third-order valence-electron chi connectivity index (χ3n) is 2.80. The molecular formula is C11H22N2. The second kappa shape index (κ2) is 8.07. The first-order valence-corrected chi connectivity index (χ1v) is 5.38. The molecule has 13 heavy (non-hydrogen) atoms. The van der Waals surface area contributed by atoms with Gasteiger partial charge < -0.3 is 4.90 Å². The quantitative estimate of drug-likeness (QED) is 0.668. The van der Waals surface area contributed by atoms with E-state index in [4.69, 9.17) is 5.26 Å². The molecule has 2 heteroatoms. The van der Waals surface area contributed by atoms with Crippen molar-refractivity contribution in [2.75, 3.05) is 13.1 Å². The second-order valence-electron chi connectivity index (χ2n) is 3.57. The van der Waals surface area contributed by atoms with Gasteiger partial charge in [-0.15, -0.1) is 0 Å². The van der Waals surface area contributed by atoms with Gasteiger partial charge in [-0.1, -0.05) is 26.7 Å².